The van der Waals surface area contributed by atoms with Crippen molar-refractivity contribution < 1.29 is 4.39 Å². The molecule has 0 unspecified atom stereocenters. The Hall–Kier alpha value is -2.86. The second kappa shape index (κ2) is 8.44. The van der Waals surface area contributed by atoms with E-state index in [9.17, 15) is 4.39 Å². The highest BCUT2D eigenvalue weighted by Crippen LogP contribution is 2.24. The predicted molar refractivity (Wildman–Crippen MR) is 113 cm³/mol. The third-order valence-corrected chi connectivity index (χ3v) is 4.95. The molecule has 0 atom stereocenters. The topological polar surface area (TPSA) is 53.1 Å². The molecule has 28 heavy (non-hydrogen) atoms. The first-order chi connectivity index (χ1) is 13.7. The summed E-state index contributed by atoms with van der Waals surface area (Å²) in [6.07, 6.45) is 4.94. The molecule has 1 aliphatic rings. The molecule has 5 nitrogen and oxygen atoms in total. The highest BCUT2D eigenvalue weighted by molar-refractivity contribution is 6.30. The molecule has 0 aliphatic carbocycles. The fraction of sp³-hybridized carbons (Fsp3) is 0.238. The minimum Gasteiger partial charge on any atom is -0.372 e. The van der Waals surface area contributed by atoms with Gasteiger partial charge in [-0.15, -0.1) is 0 Å². The number of hydrogen-bond acceptors (Lipinski definition) is 5. The molecule has 2 aromatic carbocycles. The van der Waals surface area contributed by atoms with Crippen molar-refractivity contribution in [1.29, 1.82) is 0 Å². The summed E-state index contributed by atoms with van der Waals surface area (Å²) in [7, 11) is 0. The highest BCUT2D eigenvalue weighted by Gasteiger charge is 2.11. The van der Waals surface area contributed by atoms with Gasteiger partial charge in [-0.25, -0.2) is 9.37 Å². The summed E-state index contributed by atoms with van der Waals surface area (Å²) in [5, 5.41) is 6.69. The van der Waals surface area contributed by atoms with E-state index in [4.69, 9.17) is 11.6 Å². The lowest BCUT2D eigenvalue weighted by Gasteiger charge is -2.28. The van der Waals surface area contributed by atoms with Crippen LogP contribution in [-0.2, 0) is 0 Å². The highest BCUT2D eigenvalue weighted by atomic mass is 35.5. The Labute approximate surface area is 168 Å². The maximum Gasteiger partial charge on any atom is 0.229 e. The number of anilines is 5. The zero-order chi connectivity index (χ0) is 19.3. The lowest BCUT2D eigenvalue weighted by Crippen LogP contribution is -2.29. The molecule has 1 saturated heterocycles. The largest absolute Gasteiger partial charge is 0.372 e. The molecule has 3 aromatic rings. The van der Waals surface area contributed by atoms with Crippen molar-refractivity contribution in [3.05, 3.63) is 65.6 Å². The zero-order valence-corrected chi connectivity index (χ0v) is 16.1. The smallest absolute Gasteiger partial charge is 0.229 e. The monoisotopic (exact) mass is 397 g/mol. The molecule has 2 N–H and O–H groups in total. The quantitative estimate of drug-likeness (QED) is 0.574. The van der Waals surface area contributed by atoms with Crippen LogP contribution in [0.5, 0.6) is 0 Å². The van der Waals surface area contributed by atoms with E-state index in [0.29, 0.717) is 16.7 Å². The minimum absolute atomic E-state index is 0.102. The van der Waals surface area contributed by atoms with Crippen molar-refractivity contribution >= 4 is 40.4 Å². The van der Waals surface area contributed by atoms with E-state index in [0.717, 1.165) is 25.0 Å². The van der Waals surface area contributed by atoms with Gasteiger partial charge in [-0.2, -0.15) is 4.98 Å². The van der Waals surface area contributed by atoms with Gasteiger partial charge in [0.1, 0.15) is 0 Å². The van der Waals surface area contributed by atoms with Crippen molar-refractivity contribution in [3.8, 4) is 0 Å². The maximum absolute atomic E-state index is 14.1. The lowest BCUT2D eigenvalue weighted by atomic mass is 10.1. The third-order valence-electron chi connectivity index (χ3n) is 4.70. The van der Waals surface area contributed by atoms with Crippen LogP contribution < -0.4 is 15.5 Å². The molecule has 144 valence electrons. The molecule has 0 bridgehead atoms. The summed E-state index contributed by atoms with van der Waals surface area (Å²) < 4.78 is 14.1. The number of nitrogens with zero attached hydrogens (tertiary/aromatic N) is 3. The Morgan fingerprint density at radius 2 is 1.50 bits per heavy atom. The van der Waals surface area contributed by atoms with Crippen molar-refractivity contribution in [1.82, 2.24) is 9.97 Å². The molecule has 1 aromatic heterocycles. The zero-order valence-electron chi connectivity index (χ0n) is 15.3. The third kappa shape index (κ3) is 4.51. The van der Waals surface area contributed by atoms with Crippen LogP contribution in [0.1, 0.15) is 19.3 Å². The summed E-state index contributed by atoms with van der Waals surface area (Å²) in [5.41, 5.74) is 2.76. The first-order valence-corrected chi connectivity index (χ1v) is 9.72. The summed E-state index contributed by atoms with van der Waals surface area (Å²) in [6, 6.07) is 15.1. The van der Waals surface area contributed by atoms with Crippen LogP contribution in [0.3, 0.4) is 0 Å². The van der Waals surface area contributed by atoms with E-state index >= 15 is 0 Å². The first-order valence-electron chi connectivity index (χ1n) is 9.34. The molecular formula is C21H21ClFN5. The molecule has 0 radical (unpaired) electrons. The number of rotatable bonds is 5. The second-order valence-corrected chi connectivity index (χ2v) is 7.18. The summed E-state index contributed by atoms with van der Waals surface area (Å²) in [6.45, 7) is 2.21. The van der Waals surface area contributed by atoms with Crippen molar-refractivity contribution in [2.24, 2.45) is 0 Å². The Morgan fingerprint density at radius 3 is 2.21 bits per heavy atom. The molecule has 7 heteroatoms. The Bertz CT molecular complexity index is 925. The van der Waals surface area contributed by atoms with E-state index in [1.165, 1.54) is 24.9 Å². The van der Waals surface area contributed by atoms with E-state index in [1.54, 1.807) is 24.3 Å². The van der Waals surface area contributed by atoms with Crippen LogP contribution in [0.25, 0.3) is 0 Å². The first kappa shape index (κ1) is 18.5. The SMILES string of the molecule is Fc1cnc(Nc2ccc(N3CCCCC3)cc2)nc1Nc1ccc(Cl)cc1. The normalized spacial score (nSPS) is 14.0. The fourth-order valence-electron chi connectivity index (χ4n) is 3.22. The van der Waals surface area contributed by atoms with Crippen molar-refractivity contribution in [3.63, 3.8) is 0 Å². The number of benzene rings is 2. The molecule has 1 fully saturated rings. The van der Waals surface area contributed by atoms with Gasteiger partial charge in [0, 0.05) is 35.2 Å². The van der Waals surface area contributed by atoms with E-state index in [2.05, 4.69) is 37.6 Å². The maximum atomic E-state index is 14.1. The Morgan fingerprint density at radius 1 is 0.857 bits per heavy atom. The molecular weight excluding hydrogens is 377 g/mol. The predicted octanol–water partition coefficient (Wildman–Crippen LogP) is 5.75. The number of nitrogens with one attached hydrogen (secondary N) is 2. The lowest BCUT2D eigenvalue weighted by molar-refractivity contribution is 0.578. The van der Waals surface area contributed by atoms with Crippen LogP contribution in [0, 0.1) is 5.82 Å². The minimum atomic E-state index is -0.527. The van der Waals surface area contributed by atoms with E-state index < -0.39 is 5.82 Å². The van der Waals surface area contributed by atoms with E-state index in [-0.39, 0.29) is 5.82 Å². The number of aromatic nitrogens is 2. The second-order valence-electron chi connectivity index (χ2n) is 6.74. The van der Waals surface area contributed by atoms with Gasteiger partial charge in [0.25, 0.3) is 0 Å². The summed E-state index contributed by atoms with van der Waals surface area (Å²) in [4.78, 5) is 10.7. The summed E-state index contributed by atoms with van der Waals surface area (Å²) in [5.74, 6) is -0.103. The molecule has 1 aliphatic heterocycles. The molecule has 0 spiro atoms. The van der Waals surface area contributed by atoms with Gasteiger partial charge in [-0.05, 0) is 67.8 Å². The molecule has 0 amide bonds. The standard InChI is InChI=1S/C21H21ClFN5/c22-15-4-6-16(7-5-15)25-20-19(23)14-24-21(27-20)26-17-8-10-18(11-9-17)28-12-2-1-3-13-28/h4-11,14H,1-3,12-13H2,(H2,24,25,26,27). The summed E-state index contributed by atoms with van der Waals surface area (Å²) >= 11 is 5.88. The molecule has 0 saturated carbocycles. The van der Waals surface area contributed by atoms with Crippen LogP contribution in [-0.4, -0.2) is 23.1 Å². The van der Waals surface area contributed by atoms with Crippen LogP contribution in [0.4, 0.5) is 33.2 Å². The van der Waals surface area contributed by atoms with Crippen LogP contribution >= 0.6 is 11.6 Å². The van der Waals surface area contributed by atoms with Gasteiger partial charge in [-0.1, -0.05) is 11.6 Å². The number of hydrogen-bond donors (Lipinski definition) is 2. The van der Waals surface area contributed by atoms with Crippen molar-refractivity contribution in [2.75, 3.05) is 28.6 Å². The van der Waals surface area contributed by atoms with Gasteiger partial charge >= 0.3 is 0 Å². The van der Waals surface area contributed by atoms with Gasteiger partial charge in [0.15, 0.2) is 11.6 Å². The van der Waals surface area contributed by atoms with Gasteiger partial charge in [0.2, 0.25) is 5.95 Å². The molecule has 4 rings (SSSR count). The van der Waals surface area contributed by atoms with Crippen LogP contribution in [0.2, 0.25) is 5.02 Å². The number of halogens is 2. The van der Waals surface area contributed by atoms with E-state index in [1.807, 2.05) is 12.1 Å². The van der Waals surface area contributed by atoms with Gasteiger partial charge in [-0.3, -0.25) is 0 Å². The number of piperidine rings is 1. The Kier molecular flexibility index (Phi) is 5.58. The van der Waals surface area contributed by atoms with Gasteiger partial charge in [0.05, 0.1) is 6.20 Å². The molecule has 2 heterocycles. The fourth-order valence-corrected chi connectivity index (χ4v) is 3.35. The average Bonchev–Trinajstić information content (AvgIpc) is 2.73. The van der Waals surface area contributed by atoms with Gasteiger partial charge < -0.3 is 15.5 Å². The average molecular weight is 398 g/mol. The Balaban J connectivity index is 1.46. The van der Waals surface area contributed by atoms with Crippen molar-refractivity contribution in [2.45, 2.75) is 19.3 Å². The van der Waals surface area contributed by atoms with Crippen LogP contribution in [0.15, 0.2) is 54.7 Å².